The molecule has 0 saturated heterocycles. The molecule has 0 spiro atoms. The number of phenolic OH excluding ortho intramolecular Hbond substituents is 1. The number of aromatic hydroxyl groups is 1. The first kappa shape index (κ1) is 18.3. The van der Waals surface area contributed by atoms with E-state index in [1.54, 1.807) is 36.4 Å². The average Bonchev–Trinajstić information content (AvgIpc) is 2.58. The van der Waals surface area contributed by atoms with Gasteiger partial charge in [0.25, 0.3) is 5.91 Å². The minimum absolute atomic E-state index is 0.0398. The van der Waals surface area contributed by atoms with E-state index >= 15 is 0 Å². The number of benzene rings is 2. The van der Waals surface area contributed by atoms with Crippen LogP contribution in [0.4, 0.5) is 0 Å². The summed E-state index contributed by atoms with van der Waals surface area (Å²) in [5, 5.41) is 14.1. The Labute approximate surface area is 147 Å². The lowest BCUT2D eigenvalue weighted by atomic mass is 10.1. The van der Waals surface area contributed by atoms with Gasteiger partial charge in [0.2, 0.25) is 0 Å². The maximum absolute atomic E-state index is 12.3. The third-order valence-electron chi connectivity index (χ3n) is 3.38. The highest BCUT2D eigenvalue weighted by Gasteiger charge is 2.12. The summed E-state index contributed by atoms with van der Waals surface area (Å²) in [6.45, 7) is 7.45. The number of nitrogens with one attached hydrogen (secondary N) is 1. The molecule has 130 valence electrons. The van der Waals surface area contributed by atoms with Gasteiger partial charge in [-0.15, -0.1) is 6.58 Å². The number of allylic oxidation sites excluding steroid dienone is 1. The van der Waals surface area contributed by atoms with Gasteiger partial charge in [-0.05, 0) is 44.0 Å². The molecule has 1 amide bonds. The number of ether oxygens (including phenoxy) is 1. The van der Waals surface area contributed by atoms with Gasteiger partial charge in [-0.1, -0.05) is 30.3 Å². The van der Waals surface area contributed by atoms with E-state index in [2.05, 4.69) is 17.1 Å². The molecule has 0 bridgehead atoms. The Bertz CT molecular complexity index is 782. The van der Waals surface area contributed by atoms with E-state index in [-0.39, 0.29) is 17.8 Å². The molecule has 5 heteroatoms. The second kappa shape index (κ2) is 8.68. The van der Waals surface area contributed by atoms with Crippen LogP contribution in [0.2, 0.25) is 0 Å². The average molecular weight is 338 g/mol. The van der Waals surface area contributed by atoms with Crippen molar-refractivity contribution in [2.75, 3.05) is 0 Å². The van der Waals surface area contributed by atoms with Crippen molar-refractivity contribution in [2.24, 2.45) is 5.10 Å². The van der Waals surface area contributed by atoms with Crippen molar-refractivity contribution in [3.63, 3.8) is 0 Å². The maximum atomic E-state index is 12.3. The number of nitrogens with zero attached hydrogens (tertiary/aromatic N) is 1. The second-order valence-electron chi connectivity index (χ2n) is 5.71. The molecule has 0 aromatic heterocycles. The zero-order valence-electron chi connectivity index (χ0n) is 14.4. The van der Waals surface area contributed by atoms with E-state index in [1.165, 1.54) is 6.21 Å². The van der Waals surface area contributed by atoms with Gasteiger partial charge in [0.1, 0.15) is 11.5 Å². The highest BCUT2D eigenvalue weighted by atomic mass is 16.5. The first-order chi connectivity index (χ1) is 12.0. The lowest BCUT2D eigenvalue weighted by Gasteiger charge is -2.12. The molecular weight excluding hydrogens is 316 g/mol. The number of hydrazone groups is 1. The Balaban J connectivity index is 2.12. The molecule has 0 fully saturated rings. The first-order valence-corrected chi connectivity index (χ1v) is 8.03. The molecule has 0 unspecified atom stereocenters. The van der Waals surface area contributed by atoms with Gasteiger partial charge in [-0.3, -0.25) is 4.79 Å². The van der Waals surface area contributed by atoms with Gasteiger partial charge in [-0.2, -0.15) is 5.10 Å². The van der Waals surface area contributed by atoms with E-state index in [0.717, 1.165) is 5.56 Å². The SMILES string of the molecule is C=CCc1cccc(C=NNC(=O)c2ccccc2OC(C)C)c1O. The Kier molecular flexibility index (Phi) is 6.34. The van der Waals surface area contributed by atoms with Crippen LogP contribution in [0.1, 0.15) is 35.3 Å². The van der Waals surface area contributed by atoms with E-state index in [0.29, 0.717) is 23.3 Å². The van der Waals surface area contributed by atoms with E-state index in [9.17, 15) is 9.90 Å². The van der Waals surface area contributed by atoms with Crippen LogP contribution < -0.4 is 10.2 Å². The molecule has 0 aliphatic carbocycles. The molecule has 2 aromatic carbocycles. The number of para-hydroxylation sites is 2. The minimum atomic E-state index is -0.380. The van der Waals surface area contributed by atoms with Crippen molar-refractivity contribution in [1.82, 2.24) is 5.43 Å². The molecule has 0 atom stereocenters. The topological polar surface area (TPSA) is 70.9 Å². The van der Waals surface area contributed by atoms with Crippen molar-refractivity contribution in [3.05, 3.63) is 71.8 Å². The minimum Gasteiger partial charge on any atom is -0.507 e. The largest absolute Gasteiger partial charge is 0.507 e. The Morgan fingerprint density at radius 1 is 1.28 bits per heavy atom. The number of phenols is 1. The fourth-order valence-corrected chi connectivity index (χ4v) is 2.27. The van der Waals surface area contributed by atoms with E-state index in [1.807, 2.05) is 26.0 Å². The molecular formula is C20H22N2O3. The number of carbonyl (C=O) groups is 1. The normalized spacial score (nSPS) is 10.8. The molecule has 0 aliphatic rings. The number of rotatable bonds is 7. The Morgan fingerprint density at radius 2 is 2.04 bits per heavy atom. The summed E-state index contributed by atoms with van der Waals surface area (Å²) < 4.78 is 5.63. The highest BCUT2D eigenvalue weighted by molar-refractivity contribution is 5.97. The summed E-state index contributed by atoms with van der Waals surface area (Å²) in [5.41, 5.74) is 4.13. The predicted molar refractivity (Wildman–Crippen MR) is 99.3 cm³/mol. The van der Waals surface area contributed by atoms with Crippen LogP contribution in [0.25, 0.3) is 0 Å². The Morgan fingerprint density at radius 3 is 2.76 bits per heavy atom. The predicted octanol–water partition coefficient (Wildman–Crippen LogP) is 3.67. The molecule has 0 aliphatic heterocycles. The quantitative estimate of drug-likeness (QED) is 0.460. The summed E-state index contributed by atoms with van der Waals surface area (Å²) in [4.78, 5) is 12.3. The third kappa shape index (κ3) is 4.94. The van der Waals surface area contributed by atoms with Gasteiger partial charge in [0, 0.05) is 5.56 Å². The highest BCUT2D eigenvalue weighted by Crippen LogP contribution is 2.22. The molecule has 0 radical (unpaired) electrons. The lowest BCUT2D eigenvalue weighted by Crippen LogP contribution is -2.19. The zero-order valence-corrected chi connectivity index (χ0v) is 14.4. The molecule has 2 rings (SSSR count). The van der Waals surface area contributed by atoms with Crippen molar-refractivity contribution in [1.29, 1.82) is 0 Å². The van der Waals surface area contributed by atoms with Crippen LogP contribution in [0, 0.1) is 0 Å². The van der Waals surface area contributed by atoms with E-state index < -0.39 is 0 Å². The summed E-state index contributed by atoms with van der Waals surface area (Å²) >= 11 is 0. The third-order valence-corrected chi connectivity index (χ3v) is 3.38. The van der Waals surface area contributed by atoms with Gasteiger partial charge in [-0.25, -0.2) is 5.43 Å². The molecule has 0 heterocycles. The number of hydrogen-bond acceptors (Lipinski definition) is 4. The van der Waals surface area contributed by atoms with Gasteiger partial charge in [0.05, 0.1) is 17.9 Å². The lowest BCUT2D eigenvalue weighted by molar-refractivity contribution is 0.0949. The zero-order chi connectivity index (χ0) is 18.2. The summed E-state index contributed by atoms with van der Waals surface area (Å²) in [6.07, 6.45) is 3.64. The van der Waals surface area contributed by atoms with Crippen molar-refractivity contribution < 1.29 is 14.6 Å². The monoisotopic (exact) mass is 338 g/mol. The summed E-state index contributed by atoms with van der Waals surface area (Å²) in [5.74, 6) is 0.249. The van der Waals surface area contributed by atoms with Gasteiger partial charge < -0.3 is 9.84 Å². The van der Waals surface area contributed by atoms with Crippen molar-refractivity contribution in [2.45, 2.75) is 26.4 Å². The molecule has 2 N–H and O–H groups in total. The molecule has 2 aromatic rings. The van der Waals surface area contributed by atoms with Gasteiger partial charge in [0.15, 0.2) is 0 Å². The first-order valence-electron chi connectivity index (χ1n) is 8.03. The standard InChI is InChI=1S/C20H22N2O3/c1-4-8-15-9-7-10-16(19(15)23)13-21-22-20(24)17-11-5-6-12-18(17)25-14(2)3/h4-7,9-14,23H,1,8H2,2-3H3,(H,22,24). The van der Waals surface area contributed by atoms with Crippen LogP contribution >= 0.6 is 0 Å². The molecule has 5 nitrogen and oxygen atoms in total. The smallest absolute Gasteiger partial charge is 0.275 e. The van der Waals surface area contributed by atoms with Crippen molar-refractivity contribution >= 4 is 12.1 Å². The molecule has 0 saturated carbocycles. The fraction of sp³-hybridized carbons (Fsp3) is 0.200. The maximum Gasteiger partial charge on any atom is 0.275 e. The molecule has 25 heavy (non-hydrogen) atoms. The van der Waals surface area contributed by atoms with Crippen LogP contribution in [0.5, 0.6) is 11.5 Å². The summed E-state index contributed by atoms with van der Waals surface area (Å²) in [7, 11) is 0. The van der Waals surface area contributed by atoms with Crippen molar-refractivity contribution in [3.8, 4) is 11.5 Å². The number of carbonyl (C=O) groups excluding carboxylic acids is 1. The second-order valence-corrected chi connectivity index (χ2v) is 5.71. The van der Waals surface area contributed by atoms with Crippen LogP contribution in [-0.2, 0) is 6.42 Å². The van der Waals surface area contributed by atoms with Gasteiger partial charge >= 0.3 is 0 Å². The van der Waals surface area contributed by atoms with Crippen LogP contribution in [0.15, 0.2) is 60.2 Å². The summed E-state index contributed by atoms with van der Waals surface area (Å²) in [6, 6.07) is 12.3. The van der Waals surface area contributed by atoms with E-state index in [4.69, 9.17) is 4.74 Å². The fourth-order valence-electron chi connectivity index (χ4n) is 2.27. The number of amides is 1. The number of hydrogen-bond donors (Lipinski definition) is 2. The Hall–Kier alpha value is -3.08. The van der Waals surface area contributed by atoms with Crippen LogP contribution in [-0.4, -0.2) is 23.3 Å². The van der Waals surface area contributed by atoms with Crippen LogP contribution in [0.3, 0.4) is 0 Å².